The van der Waals surface area contributed by atoms with E-state index in [1.165, 1.54) is 29.8 Å². The molecule has 0 saturated heterocycles. The summed E-state index contributed by atoms with van der Waals surface area (Å²) in [7, 11) is 0. The van der Waals surface area contributed by atoms with Crippen molar-refractivity contribution in [2.75, 3.05) is 17.7 Å². The van der Waals surface area contributed by atoms with Gasteiger partial charge in [0.15, 0.2) is 15.9 Å². The molecule has 3 aromatic heterocycles. The molecule has 0 unspecified atom stereocenters. The van der Waals surface area contributed by atoms with Gasteiger partial charge < -0.3 is 10.2 Å². The van der Waals surface area contributed by atoms with E-state index in [0.717, 1.165) is 21.9 Å². The predicted molar refractivity (Wildman–Crippen MR) is 96.7 cm³/mol. The zero-order valence-corrected chi connectivity index (χ0v) is 15.2. The van der Waals surface area contributed by atoms with Crippen LogP contribution in [0.3, 0.4) is 0 Å². The lowest BCUT2D eigenvalue weighted by molar-refractivity contribution is 0.614. The van der Waals surface area contributed by atoms with Gasteiger partial charge in [0.25, 0.3) is 0 Å². The van der Waals surface area contributed by atoms with E-state index in [-0.39, 0.29) is 0 Å². The van der Waals surface area contributed by atoms with E-state index in [9.17, 15) is 0 Å². The Morgan fingerprint density at radius 1 is 1.22 bits per heavy atom. The lowest BCUT2D eigenvalue weighted by Crippen LogP contribution is -1.98. The summed E-state index contributed by atoms with van der Waals surface area (Å²) in [5.74, 6) is 1.22. The lowest BCUT2D eigenvalue weighted by Gasteiger charge is -2.04. The van der Waals surface area contributed by atoms with E-state index in [4.69, 9.17) is 33.4 Å². The third kappa shape index (κ3) is 3.85. The summed E-state index contributed by atoms with van der Waals surface area (Å²) in [5.41, 5.74) is 7.12. The number of furan rings is 1. The van der Waals surface area contributed by atoms with Crippen molar-refractivity contribution in [3.63, 3.8) is 0 Å². The van der Waals surface area contributed by atoms with E-state index < -0.39 is 0 Å². The molecule has 0 aromatic carbocycles. The smallest absolute Gasteiger partial charge is 0.190 e. The molecule has 9 heteroatoms. The van der Waals surface area contributed by atoms with Crippen LogP contribution in [0.1, 0.15) is 5.69 Å². The molecule has 3 aromatic rings. The Bertz CT molecular complexity index is 856. The highest BCUT2D eigenvalue weighted by atomic mass is 35.5. The topological polar surface area (TPSA) is 77.8 Å². The largest absolute Gasteiger partial charge is 0.459 e. The Labute approximate surface area is 151 Å². The molecule has 0 aliphatic carbocycles. The number of nitrogens with two attached hydrogens (primary N) is 1. The van der Waals surface area contributed by atoms with Crippen molar-refractivity contribution in [2.45, 2.75) is 16.6 Å². The number of nitrogen functional groups attached to an aromatic ring is 1. The number of anilines is 1. The Hall–Kier alpha value is -1.15. The van der Waals surface area contributed by atoms with Gasteiger partial charge in [0.1, 0.15) is 17.1 Å². The van der Waals surface area contributed by atoms with Gasteiger partial charge in [-0.1, -0.05) is 35.0 Å². The van der Waals surface area contributed by atoms with Crippen LogP contribution in [-0.2, 0) is 6.42 Å². The van der Waals surface area contributed by atoms with Crippen molar-refractivity contribution in [3.8, 4) is 0 Å². The van der Waals surface area contributed by atoms with Gasteiger partial charge in [0.2, 0.25) is 0 Å². The molecule has 5 nitrogen and oxygen atoms in total. The number of halogens is 2. The van der Waals surface area contributed by atoms with E-state index in [1.807, 2.05) is 12.3 Å². The number of nitrogens with zero attached hydrogens (tertiary/aromatic N) is 3. The molecule has 0 aliphatic rings. The quantitative estimate of drug-likeness (QED) is 0.297. The summed E-state index contributed by atoms with van der Waals surface area (Å²) >= 11 is 15.2. The average molecular weight is 387 g/mol. The molecule has 23 heavy (non-hydrogen) atoms. The molecular weight excluding hydrogens is 375 g/mol. The highest BCUT2D eigenvalue weighted by Gasteiger charge is 2.11. The molecule has 3 heterocycles. The Morgan fingerprint density at radius 3 is 2.83 bits per heavy atom. The fourth-order valence-corrected chi connectivity index (χ4v) is 3.72. The van der Waals surface area contributed by atoms with Crippen LogP contribution in [0.4, 0.5) is 5.82 Å². The van der Waals surface area contributed by atoms with E-state index in [1.54, 1.807) is 6.07 Å². The maximum atomic E-state index is 6.12. The van der Waals surface area contributed by atoms with Gasteiger partial charge in [-0.2, -0.15) is 0 Å². The Balaban J connectivity index is 1.71. The zero-order valence-electron chi connectivity index (χ0n) is 12.0. The molecular formula is C14H12Cl2N4OS2. The Morgan fingerprint density at radius 2 is 2.04 bits per heavy atom. The van der Waals surface area contributed by atoms with Gasteiger partial charge in [-0.15, -0.1) is 11.8 Å². The number of fused-ring (bicyclic) bond motifs is 1. The van der Waals surface area contributed by atoms with E-state index in [2.05, 4.69) is 15.0 Å². The first-order valence-corrected chi connectivity index (χ1v) is 9.57. The molecule has 0 radical (unpaired) electrons. The molecule has 0 saturated carbocycles. The molecule has 0 atom stereocenters. The van der Waals surface area contributed by atoms with Crippen LogP contribution in [0, 0.1) is 0 Å². The maximum Gasteiger partial charge on any atom is 0.190 e. The van der Waals surface area contributed by atoms with Crippen molar-refractivity contribution in [1.82, 2.24) is 15.0 Å². The molecule has 0 spiro atoms. The van der Waals surface area contributed by atoms with E-state index in [0.29, 0.717) is 33.2 Å². The molecule has 0 fully saturated rings. The van der Waals surface area contributed by atoms with Gasteiger partial charge in [-0.25, -0.2) is 15.0 Å². The zero-order chi connectivity index (χ0) is 16.4. The van der Waals surface area contributed by atoms with Crippen molar-refractivity contribution >= 4 is 63.5 Å². The molecule has 0 aliphatic heterocycles. The summed E-state index contributed by atoms with van der Waals surface area (Å²) in [6.07, 6.45) is 4.11. The van der Waals surface area contributed by atoms with Crippen LogP contribution >= 0.6 is 46.7 Å². The van der Waals surface area contributed by atoms with Crippen LogP contribution in [0.2, 0.25) is 10.2 Å². The average Bonchev–Trinajstić information content (AvgIpc) is 2.89. The SMILES string of the molecule is CSc1cc(N)nc(SCCc2cc3c(Cl)coc3c(Cl)n2)n1. The first-order valence-electron chi connectivity index (χ1n) is 6.60. The third-order valence-electron chi connectivity index (χ3n) is 3.02. The van der Waals surface area contributed by atoms with Crippen LogP contribution in [0.5, 0.6) is 0 Å². The normalized spacial score (nSPS) is 11.3. The van der Waals surface area contributed by atoms with Crippen molar-refractivity contribution in [3.05, 3.63) is 34.3 Å². The van der Waals surface area contributed by atoms with Crippen LogP contribution in [0.15, 0.2) is 33.0 Å². The minimum absolute atomic E-state index is 0.319. The second-order valence-corrected chi connectivity index (χ2v) is 7.23. The fraction of sp³-hybridized carbons (Fsp3) is 0.214. The molecule has 0 bridgehead atoms. The second kappa shape index (κ2) is 7.17. The summed E-state index contributed by atoms with van der Waals surface area (Å²) in [4.78, 5) is 13.0. The highest BCUT2D eigenvalue weighted by Crippen LogP contribution is 2.31. The second-order valence-electron chi connectivity index (χ2n) is 4.58. The van der Waals surface area contributed by atoms with Crippen LogP contribution in [0.25, 0.3) is 11.0 Å². The Kier molecular flexibility index (Phi) is 5.21. The molecule has 120 valence electrons. The van der Waals surface area contributed by atoms with Crippen molar-refractivity contribution < 1.29 is 4.42 Å². The number of thioether (sulfide) groups is 2. The summed E-state index contributed by atoms with van der Waals surface area (Å²) in [5, 5.41) is 3.13. The number of rotatable bonds is 5. The van der Waals surface area contributed by atoms with Crippen molar-refractivity contribution in [1.29, 1.82) is 0 Å². The molecule has 0 amide bonds. The van der Waals surface area contributed by atoms with E-state index >= 15 is 0 Å². The number of pyridine rings is 1. The number of aryl methyl sites for hydroxylation is 1. The van der Waals surface area contributed by atoms with Gasteiger partial charge in [0.05, 0.1) is 5.02 Å². The first kappa shape index (κ1) is 16.7. The first-order chi connectivity index (χ1) is 11.1. The van der Waals surface area contributed by atoms with Crippen molar-refractivity contribution in [2.24, 2.45) is 0 Å². The van der Waals surface area contributed by atoms with Gasteiger partial charge in [0, 0.05) is 22.9 Å². The highest BCUT2D eigenvalue weighted by molar-refractivity contribution is 7.99. The minimum Gasteiger partial charge on any atom is -0.459 e. The van der Waals surface area contributed by atoms with Gasteiger partial charge in [-0.3, -0.25) is 0 Å². The van der Waals surface area contributed by atoms with Gasteiger partial charge >= 0.3 is 0 Å². The molecule has 2 N–H and O–H groups in total. The standard InChI is InChI=1S/C14H12Cl2N4OS2/c1-22-11-5-10(17)19-14(20-11)23-3-2-7-4-8-9(15)6-21-12(8)13(16)18-7/h4-6H,2-3H2,1H3,(H2,17,19,20). The minimum atomic E-state index is 0.319. The fourth-order valence-electron chi connectivity index (χ4n) is 1.98. The number of hydrogen-bond acceptors (Lipinski definition) is 7. The predicted octanol–water partition coefficient (Wildman–Crippen LogP) is 4.56. The number of aromatic nitrogens is 3. The lowest BCUT2D eigenvalue weighted by atomic mass is 10.2. The van der Waals surface area contributed by atoms with Gasteiger partial charge in [-0.05, 0) is 18.7 Å². The number of hydrogen-bond donors (Lipinski definition) is 1. The summed E-state index contributed by atoms with van der Waals surface area (Å²) in [6.45, 7) is 0. The summed E-state index contributed by atoms with van der Waals surface area (Å²) < 4.78 is 5.28. The molecule has 3 rings (SSSR count). The summed E-state index contributed by atoms with van der Waals surface area (Å²) in [6, 6.07) is 3.64. The van der Waals surface area contributed by atoms with Crippen LogP contribution < -0.4 is 5.73 Å². The van der Waals surface area contributed by atoms with Crippen LogP contribution in [-0.4, -0.2) is 27.0 Å². The monoisotopic (exact) mass is 386 g/mol. The third-order valence-corrected chi connectivity index (χ3v) is 5.05. The maximum absolute atomic E-state index is 6.12.